The molecule has 0 bridgehead atoms. The topological polar surface area (TPSA) is 76.0 Å². The number of thiophene rings is 1. The lowest BCUT2D eigenvalue weighted by atomic mass is 10.4. The summed E-state index contributed by atoms with van der Waals surface area (Å²) in [5, 5.41) is 9.07. The van der Waals surface area contributed by atoms with Crippen molar-refractivity contribution in [2.24, 2.45) is 0 Å². The summed E-state index contributed by atoms with van der Waals surface area (Å²) in [6, 6.07) is 1.82. The van der Waals surface area contributed by atoms with Crippen molar-refractivity contribution in [3.8, 4) is 0 Å². The fourth-order valence-corrected chi connectivity index (χ4v) is 4.26. The number of rotatable bonds is 7. The van der Waals surface area contributed by atoms with Gasteiger partial charge < -0.3 is 5.32 Å². The second kappa shape index (κ2) is 6.59. The monoisotopic (exact) mass is 328 g/mol. The molecule has 0 aliphatic heterocycles. The predicted octanol–water partition coefficient (Wildman–Crippen LogP) is 2.44. The first kappa shape index (κ1) is 16.0. The van der Waals surface area contributed by atoms with Gasteiger partial charge in [-0.05, 0) is 31.8 Å². The van der Waals surface area contributed by atoms with Gasteiger partial charge in [0.05, 0.1) is 11.9 Å². The van der Waals surface area contributed by atoms with Crippen molar-refractivity contribution in [2.75, 3.05) is 11.3 Å². The highest BCUT2D eigenvalue weighted by Crippen LogP contribution is 2.24. The van der Waals surface area contributed by atoms with E-state index < -0.39 is 10.0 Å². The maximum atomic E-state index is 12.5. The summed E-state index contributed by atoms with van der Waals surface area (Å²) >= 11 is 1.43. The molecule has 0 aromatic carbocycles. The highest BCUT2D eigenvalue weighted by Gasteiger charge is 2.20. The van der Waals surface area contributed by atoms with Crippen molar-refractivity contribution in [3.63, 3.8) is 0 Å². The zero-order chi connectivity index (χ0) is 15.5. The Kier molecular flexibility index (Phi) is 5.02. The molecule has 2 N–H and O–H groups in total. The van der Waals surface area contributed by atoms with E-state index in [-0.39, 0.29) is 6.04 Å². The molecule has 0 radical (unpaired) electrons. The van der Waals surface area contributed by atoms with Gasteiger partial charge in [0.25, 0.3) is 10.0 Å². The van der Waals surface area contributed by atoms with Crippen molar-refractivity contribution in [3.05, 3.63) is 28.7 Å². The van der Waals surface area contributed by atoms with Crippen LogP contribution in [0.5, 0.6) is 0 Å². The maximum absolute atomic E-state index is 12.5. The van der Waals surface area contributed by atoms with Crippen molar-refractivity contribution < 1.29 is 8.42 Å². The van der Waals surface area contributed by atoms with Gasteiger partial charge in [0.2, 0.25) is 0 Å². The van der Waals surface area contributed by atoms with Gasteiger partial charge in [-0.25, -0.2) is 8.42 Å². The van der Waals surface area contributed by atoms with E-state index in [1.807, 2.05) is 20.8 Å². The molecule has 2 aromatic rings. The van der Waals surface area contributed by atoms with Crippen LogP contribution in [0, 0.1) is 0 Å². The molecule has 8 heteroatoms. The third kappa shape index (κ3) is 3.84. The van der Waals surface area contributed by atoms with Gasteiger partial charge in [0.1, 0.15) is 4.90 Å². The van der Waals surface area contributed by atoms with Gasteiger partial charge in [-0.2, -0.15) is 5.10 Å². The maximum Gasteiger partial charge on any atom is 0.263 e. The molecule has 0 saturated heterocycles. The van der Waals surface area contributed by atoms with Crippen LogP contribution in [0.25, 0.3) is 0 Å². The molecule has 0 atom stereocenters. The lowest BCUT2D eigenvalue weighted by Gasteiger charge is -2.08. The van der Waals surface area contributed by atoms with Gasteiger partial charge in [-0.15, -0.1) is 11.3 Å². The van der Waals surface area contributed by atoms with E-state index in [0.717, 1.165) is 11.4 Å². The van der Waals surface area contributed by atoms with Crippen molar-refractivity contribution in [1.82, 2.24) is 15.1 Å². The second-order valence-electron chi connectivity index (χ2n) is 4.90. The Labute approximate surface area is 129 Å². The third-order valence-corrected chi connectivity index (χ3v) is 5.43. The minimum atomic E-state index is -3.58. The summed E-state index contributed by atoms with van der Waals surface area (Å²) in [7, 11) is -3.58. The summed E-state index contributed by atoms with van der Waals surface area (Å²) in [5.74, 6) is 0. The van der Waals surface area contributed by atoms with E-state index >= 15 is 0 Å². The molecule has 6 nitrogen and oxygen atoms in total. The number of nitrogens with zero attached hydrogens (tertiary/aromatic N) is 2. The van der Waals surface area contributed by atoms with Crippen LogP contribution in [-0.4, -0.2) is 24.7 Å². The number of sulfonamides is 1. The van der Waals surface area contributed by atoms with E-state index in [2.05, 4.69) is 15.1 Å². The normalized spacial score (nSPS) is 12.0. The summed E-state index contributed by atoms with van der Waals surface area (Å²) in [5.41, 5.74) is 0.476. The molecule has 2 heterocycles. The Hall–Kier alpha value is -1.38. The zero-order valence-corrected chi connectivity index (χ0v) is 14.0. The van der Waals surface area contributed by atoms with E-state index in [1.54, 1.807) is 22.3 Å². The number of anilines is 1. The summed E-state index contributed by atoms with van der Waals surface area (Å²) in [6.45, 7) is 7.30. The van der Waals surface area contributed by atoms with Gasteiger partial charge in [-0.1, -0.05) is 6.92 Å². The first-order valence-electron chi connectivity index (χ1n) is 6.78. The highest BCUT2D eigenvalue weighted by molar-refractivity contribution is 7.93. The van der Waals surface area contributed by atoms with Crippen LogP contribution in [0.1, 0.15) is 31.7 Å². The van der Waals surface area contributed by atoms with E-state index in [4.69, 9.17) is 0 Å². The molecule has 0 saturated carbocycles. The van der Waals surface area contributed by atoms with Gasteiger partial charge in [0, 0.05) is 23.7 Å². The molecule has 0 aliphatic carbocycles. The van der Waals surface area contributed by atoms with E-state index in [1.165, 1.54) is 17.5 Å². The third-order valence-electron chi connectivity index (χ3n) is 2.91. The number of nitrogens with one attached hydrogen (secondary N) is 2. The average molecular weight is 328 g/mol. The smallest absolute Gasteiger partial charge is 0.263 e. The molecule has 0 spiro atoms. The summed E-state index contributed by atoms with van der Waals surface area (Å²) < 4.78 is 29.2. The molecule has 2 rings (SSSR count). The largest absolute Gasteiger partial charge is 0.312 e. The Bertz CT molecular complexity index is 689. The number of hydrogen-bond donors (Lipinski definition) is 2. The molecular formula is C13H20N4O2S2. The van der Waals surface area contributed by atoms with Crippen LogP contribution in [0.15, 0.2) is 28.7 Å². The standard InChI is InChI=1S/C13H20N4O2S2/c1-4-14-8-12-13(5-6-20-12)21(18,19)16-11-7-15-17(9-11)10(2)3/h5-7,9-10,14,16H,4,8H2,1-3H3. The first-order valence-corrected chi connectivity index (χ1v) is 9.14. The van der Waals surface area contributed by atoms with Crippen LogP contribution < -0.4 is 10.0 Å². The molecule has 0 aliphatic rings. The number of hydrogen-bond acceptors (Lipinski definition) is 5. The molecular weight excluding hydrogens is 308 g/mol. The lowest BCUT2D eigenvalue weighted by molar-refractivity contribution is 0.532. The van der Waals surface area contributed by atoms with Crippen LogP contribution in [0.3, 0.4) is 0 Å². The molecule has 0 fully saturated rings. The molecule has 21 heavy (non-hydrogen) atoms. The number of aromatic nitrogens is 2. The quantitative estimate of drug-likeness (QED) is 0.818. The SMILES string of the molecule is CCNCc1sccc1S(=O)(=O)Nc1cnn(C(C)C)c1. The van der Waals surface area contributed by atoms with Crippen LogP contribution in [0.2, 0.25) is 0 Å². The molecule has 2 aromatic heterocycles. The minimum Gasteiger partial charge on any atom is -0.312 e. The van der Waals surface area contributed by atoms with Gasteiger partial charge in [0.15, 0.2) is 0 Å². The van der Waals surface area contributed by atoms with Crippen molar-refractivity contribution in [2.45, 2.75) is 38.3 Å². The molecule has 0 amide bonds. The Morgan fingerprint density at radius 1 is 1.43 bits per heavy atom. The van der Waals surface area contributed by atoms with Crippen molar-refractivity contribution in [1.29, 1.82) is 0 Å². The highest BCUT2D eigenvalue weighted by atomic mass is 32.2. The fraction of sp³-hybridized carbons (Fsp3) is 0.462. The molecule has 0 unspecified atom stereocenters. The van der Waals surface area contributed by atoms with Crippen molar-refractivity contribution >= 4 is 27.0 Å². The minimum absolute atomic E-state index is 0.189. The Morgan fingerprint density at radius 3 is 2.81 bits per heavy atom. The second-order valence-corrected chi connectivity index (χ2v) is 7.55. The molecule has 116 valence electrons. The van der Waals surface area contributed by atoms with Gasteiger partial charge in [-0.3, -0.25) is 9.40 Å². The van der Waals surface area contributed by atoms with Crippen LogP contribution >= 0.6 is 11.3 Å². The first-order chi connectivity index (χ1) is 9.94. The predicted molar refractivity (Wildman–Crippen MR) is 85.1 cm³/mol. The van der Waals surface area contributed by atoms with Gasteiger partial charge >= 0.3 is 0 Å². The van der Waals surface area contributed by atoms with Crippen LogP contribution in [0.4, 0.5) is 5.69 Å². The Balaban J connectivity index is 2.19. The summed E-state index contributed by atoms with van der Waals surface area (Å²) in [6.07, 6.45) is 3.21. The Morgan fingerprint density at radius 2 is 2.19 bits per heavy atom. The summed E-state index contributed by atoms with van der Waals surface area (Å²) in [4.78, 5) is 1.13. The average Bonchev–Trinajstić information content (AvgIpc) is 3.04. The fourth-order valence-electron chi connectivity index (χ4n) is 1.82. The van der Waals surface area contributed by atoms with E-state index in [9.17, 15) is 8.42 Å². The van der Waals surface area contributed by atoms with Crippen LogP contribution in [-0.2, 0) is 16.6 Å². The lowest BCUT2D eigenvalue weighted by Crippen LogP contribution is -2.17. The zero-order valence-electron chi connectivity index (χ0n) is 12.3. The van der Waals surface area contributed by atoms with E-state index in [0.29, 0.717) is 17.1 Å².